The highest BCUT2D eigenvalue weighted by molar-refractivity contribution is 5.77. The van der Waals surface area contributed by atoms with E-state index in [1.165, 1.54) is 5.56 Å². The number of hydrogen-bond acceptors (Lipinski definition) is 3. The van der Waals surface area contributed by atoms with Crippen LogP contribution in [-0.2, 0) is 5.41 Å². The van der Waals surface area contributed by atoms with Crippen LogP contribution in [0.4, 0.5) is 0 Å². The molecule has 38 heavy (non-hydrogen) atoms. The molecule has 1 aliphatic rings. The van der Waals surface area contributed by atoms with Gasteiger partial charge in [0.25, 0.3) is 0 Å². The van der Waals surface area contributed by atoms with Crippen LogP contribution in [0.15, 0.2) is 146 Å². The molecule has 1 aliphatic heterocycles. The van der Waals surface area contributed by atoms with E-state index in [2.05, 4.69) is 120 Å². The Labute approximate surface area is 222 Å². The number of nitrogens with zero attached hydrogens (tertiary/aromatic N) is 2. The molecule has 5 aromatic carbocycles. The standard InChI is InChI=1S/C35H24N2O/c1-3-13-25(14-4-1)31-23-24-32(37-36-31)27-17-7-8-18-28(27)35(26-15-5-2-6-16-26)29-19-9-11-21-33(29)38-34-22-12-10-20-30(34)35/h1-24H. The van der Waals surface area contributed by atoms with Crippen LogP contribution in [0.25, 0.3) is 22.5 Å². The Kier molecular flexibility index (Phi) is 5.33. The fourth-order valence-corrected chi connectivity index (χ4v) is 5.71. The second kappa shape index (κ2) is 9.13. The van der Waals surface area contributed by atoms with Crippen LogP contribution in [0.1, 0.15) is 22.3 Å². The van der Waals surface area contributed by atoms with Crippen molar-refractivity contribution in [1.29, 1.82) is 0 Å². The Morgan fingerprint density at radius 3 is 1.55 bits per heavy atom. The summed E-state index contributed by atoms with van der Waals surface area (Å²) < 4.78 is 6.46. The summed E-state index contributed by atoms with van der Waals surface area (Å²) in [5.41, 5.74) is 7.67. The minimum atomic E-state index is -0.608. The van der Waals surface area contributed by atoms with E-state index in [0.717, 1.165) is 50.7 Å². The van der Waals surface area contributed by atoms with Gasteiger partial charge >= 0.3 is 0 Å². The number of para-hydroxylation sites is 2. The number of rotatable bonds is 4. The van der Waals surface area contributed by atoms with Gasteiger partial charge in [-0.15, -0.1) is 10.2 Å². The number of fused-ring (bicyclic) bond motifs is 2. The van der Waals surface area contributed by atoms with Gasteiger partial charge in [-0.2, -0.15) is 0 Å². The monoisotopic (exact) mass is 488 g/mol. The molecule has 2 heterocycles. The fourth-order valence-electron chi connectivity index (χ4n) is 5.71. The molecule has 0 N–H and O–H groups in total. The lowest BCUT2D eigenvalue weighted by molar-refractivity contribution is 0.434. The summed E-state index contributed by atoms with van der Waals surface area (Å²) in [4.78, 5) is 0. The number of benzene rings is 5. The number of hydrogen-bond donors (Lipinski definition) is 0. The zero-order chi connectivity index (χ0) is 25.4. The minimum Gasteiger partial charge on any atom is -0.457 e. The van der Waals surface area contributed by atoms with Crippen LogP contribution in [0.5, 0.6) is 11.5 Å². The summed E-state index contributed by atoms with van der Waals surface area (Å²) in [5.74, 6) is 1.71. The smallest absolute Gasteiger partial charge is 0.132 e. The normalized spacial score (nSPS) is 13.2. The van der Waals surface area contributed by atoms with E-state index >= 15 is 0 Å². The third-order valence-electron chi connectivity index (χ3n) is 7.35. The first-order chi connectivity index (χ1) is 18.9. The van der Waals surface area contributed by atoms with Crippen molar-refractivity contribution in [2.75, 3.05) is 0 Å². The lowest BCUT2D eigenvalue weighted by Gasteiger charge is -2.42. The molecule has 0 spiro atoms. The van der Waals surface area contributed by atoms with Crippen LogP contribution < -0.4 is 4.74 Å². The predicted octanol–water partition coefficient (Wildman–Crippen LogP) is 8.30. The van der Waals surface area contributed by atoms with Crippen molar-refractivity contribution in [1.82, 2.24) is 10.2 Å². The molecule has 3 heteroatoms. The van der Waals surface area contributed by atoms with Gasteiger partial charge in [-0.25, -0.2) is 0 Å². The van der Waals surface area contributed by atoms with Crippen molar-refractivity contribution in [3.05, 3.63) is 168 Å². The minimum absolute atomic E-state index is 0.608. The van der Waals surface area contributed by atoms with Gasteiger partial charge in [0.15, 0.2) is 0 Å². The average Bonchev–Trinajstić information content (AvgIpc) is 3.01. The van der Waals surface area contributed by atoms with Gasteiger partial charge < -0.3 is 4.74 Å². The summed E-state index contributed by atoms with van der Waals surface area (Å²) in [5, 5.41) is 9.36. The number of aromatic nitrogens is 2. The molecular formula is C35H24N2O. The van der Waals surface area contributed by atoms with Gasteiger partial charge in [0, 0.05) is 22.3 Å². The Balaban J connectivity index is 1.52. The van der Waals surface area contributed by atoms with E-state index in [0.29, 0.717) is 0 Å². The molecule has 0 saturated heterocycles. The van der Waals surface area contributed by atoms with Gasteiger partial charge in [0.2, 0.25) is 0 Å². The topological polar surface area (TPSA) is 35.0 Å². The molecule has 1 aromatic heterocycles. The van der Waals surface area contributed by atoms with Crippen molar-refractivity contribution in [3.8, 4) is 34.0 Å². The quantitative estimate of drug-likeness (QED) is 0.250. The maximum atomic E-state index is 6.46. The molecule has 0 atom stereocenters. The molecule has 0 amide bonds. The molecular weight excluding hydrogens is 464 g/mol. The zero-order valence-corrected chi connectivity index (χ0v) is 20.7. The van der Waals surface area contributed by atoms with Gasteiger partial charge in [0.05, 0.1) is 16.8 Å². The van der Waals surface area contributed by atoms with E-state index in [9.17, 15) is 0 Å². The Bertz CT molecular complexity index is 1680. The van der Waals surface area contributed by atoms with E-state index in [-0.39, 0.29) is 0 Å². The second-order valence-corrected chi connectivity index (χ2v) is 9.43. The molecule has 0 saturated carbocycles. The van der Waals surface area contributed by atoms with Crippen LogP contribution in [-0.4, -0.2) is 10.2 Å². The Hall–Kier alpha value is -5.02. The highest BCUT2D eigenvalue weighted by Gasteiger charge is 2.46. The van der Waals surface area contributed by atoms with E-state index in [1.54, 1.807) is 0 Å². The van der Waals surface area contributed by atoms with Crippen molar-refractivity contribution in [2.24, 2.45) is 0 Å². The summed E-state index contributed by atoms with van der Waals surface area (Å²) in [6.45, 7) is 0. The lowest BCUT2D eigenvalue weighted by atomic mass is 9.62. The average molecular weight is 489 g/mol. The lowest BCUT2D eigenvalue weighted by Crippen LogP contribution is -2.34. The van der Waals surface area contributed by atoms with Crippen LogP contribution in [0.3, 0.4) is 0 Å². The van der Waals surface area contributed by atoms with Crippen molar-refractivity contribution in [2.45, 2.75) is 5.41 Å². The van der Waals surface area contributed by atoms with Gasteiger partial charge in [-0.3, -0.25) is 0 Å². The third-order valence-corrected chi connectivity index (χ3v) is 7.35. The Morgan fingerprint density at radius 1 is 0.421 bits per heavy atom. The van der Waals surface area contributed by atoms with E-state index < -0.39 is 5.41 Å². The highest BCUT2D eigenvalue weighted by Crippen LogP contribution is 2.56. The van der Waals surface area contributed by atoms with Crippen LogP contribution >= 0.6 is 0 Å². The molecule has 0 bridgehead atoms. The van der Waals surface area contributed by atoms with Crippen molar-refractivity contribution < 1.29 is 4.74 Å². The molecule has 180 valence electrons. The predicted molar refractivity (Wildman–Crippen MR) is 151 cm³/mol. The largest absolute Gasteiger partial charge is 0.457 e. The summed E-state index contributed by atoms with van der Waals surface area (Å²) >= 11 is 0. The number of ether oxygens (including phenoxy) is 1. The zero-order valence-electron chi connectivity index (χ0n) is 20.7. The maximum Gasteiger partial charge on any atom is 0.132 e. The first-order valence-electron chi connectivity index (χ1n) is 12.8. The summed E-state index contributed by atoms with van der Waals surface area (Å²) in [7, 11) is 0. The summed E-state index contributed by atoms with van der Waals surface area (Å²) in [6.07, 6.45) is 0. The van der Waals surface area contributed by atoms with Gasteiger partial charge in [-0.1, -0.05) is 121 Å². The highest BCUT2D eigenvalue weighted by atomic mass is 16.5. The van der Waals surface area contributed by atoms with Gasteiger partial charge in [0.1, 0.15) is 11.5 Å². The molecule has 0 aliphatic carbocycles. The van der Waals surface area contributed by atoms with Crippen molar-refractivity contribution >= 4 is 0 Å². The Morgan fingerprint density at radius 2 is 0.921 bits per heavy atom. The molecule has 0 fully saturated rings. The molecule has 0 radical (unpaired) electrons. The SMILES string of the molecule is c1ccc(-c2ccc(-c3ccccc3C3(c4ccccc4)c4ccccc4Oc4ccccc43)nn2)cc1. The first kappa shape index (κ1) is 22.2. The fraction of sp³-hybridized carbons (Fsp3) is 0.0286. The van der Waals surface area contributed by atoms with E-state index in [1.807, 2.05) is 30.3 Å². The second-order valence-electron chi connectivity index (χ2n) is 9.43. The van der Waals surface area contributed by atoms with Crippen molar-refractivity contribution in [3.63, 3.8) is 0 Å². The molecule has 7 rings (SSSR count). The van der Waals surface area contributed by atoms with Crippen LogP contribution in [0.2, 0.25) is 0 Å². The molecule has 3 nitrogen and oxygen atoms in total. The van der Waals surface area contributed by atoms with E-state index in [4.69, 9.17) is 9.84 Å². The molecule has 0 unspecified atom stereocenters. The van der Waals surface area contributed by atoms with Crippen LogP contribution in [0, 0.1) is 0 Å². The molecule has 6 aromatic rings. The first-order valence-corrected chi connectivity index (χ1v) is 12.8. The third kappa shape index (κ3) is 3.44. The van der Waals surface area contributed by atoms with Gasteiger partial charge in [-0.05, 0) is 35.4 Å². The maximum absolute atomic E-state index is 6.46. The summed E-state index contributed by atoms with van der Waals surface area (Å²) in [6, 6.07) is 50.2.